The van der Waals surface area contributed by atoms with Crippen LogP contribution in [0.4, 0.5) is 0 Å². The van der Waals surface area contributed by atoms with Gasteiger partial charge in [-0.15, -0.1) is 0 Å². The van der Waals surface area contributed by atoms with E-state index < -0.39 is 0 Å². The Kier molecular flexibility index (Phi) is 9.73. The van der Waals surface area contributed by atoms with Gasteiger partial charge in [-0.3, -0.25) is 9.69 Å². The van der Waals surface area contributed by atoms with E-state index in [-0.39, 0.29) is 5.97 Å². The van der Waals surface area contributed by atoms with Gasteiger partial charge < -0.3 is 4.74 Å². The molecule has 0 bridgehead atoms. The second kappa shape index (κ2) is 11.1. The summed E-state index contributed by atoms with van der Waals surface area (Å²) >= 11 is 0. The highest BCUT2D eigenvalue weighted by Gasteiger charge is 2.24. The summed E-state index contributed by atoms with van der Waals surface area (Å²) in [5.74, 6) is -0.0835. The summed E-state index contributed by atoms with van der Waals surface area (Å²) in [7, 11) is 1.49. The van der Waals surface area contributed by atoms with Crippen molar-refractivity contribution >= 4 is 5.97 Å². The maximum absolute atomic E-state index is 11.5. The third-order valence-corrected chi connectivity index (χ3v) is 4.45. The second-order valence-electron chi connectivity index (χ2n) is 6.11. The van der Waals surface area contributed by atoms with Gasteiger partial charge in [-0.25, -0.2) is 0 Å². The van der Waals surface area contributed by atoms with Crippen molar-refractivity contribution in [3.05, 3.63) is 0 Å². The van der Waals surface area contributed by atoms with Crippen LogP contribution < -0.4 is 0 Å². The smallest absolute Gasteiger partial charge is 0.319 e. The summed E-state index contributed by atoms with van der Waals surface area (Å²) in [5, 5.41) is 0. The molecule has 3 heteroatoms. The molecule has 0 spiro atoms. The minimum Gasteiger partial charge on any atom is -0.468 e. The quantitative estimate of drug-likeness (QED) is 0.421. The number of hydrogen-bond donors (Lipinski definition) is 0. The third kappa shape index (κ3) is 7.28. The molecule has 1 rings (SSSR count). The van der Waals surface area contributed by atoms with Gasteiger partial charge in [0.1, 0.15) is 0 Å². The normalized spacial score (nSPS) is 15.9. The summed E-state index contributed by atoms with van der Waals surface area (Å²) < 4.78 is 4.83. The lowest BCUT2D eigenvalue weighted by Gasteiger charge is -2.27. The van der Waals surface area contributed by atoms with Crippen LogP contribution in [0.3, 0.4) is 0 Å². The van der Waals surface area contributed by atoms with E-state index in [0.29, 0.717) is 12.6 Å². The van der Waals surface area contributed by atoms with Gasteiger partial charge in [0.05, 0.1) is 13.7 Å². The number of nitrogens with zero attached hydrogens (tertiary/aromatic N) is 1. The summed E-state index contributed by atoms with van der Waals surface area (Å²) in [5.41, 5.74) is 0. The Morgan fingerprint density at radius 2 is 1.65 bits per heavy atom. The monoisotopic (exact) mass is 283 g/mol. The number of unbranched alkanes of at least 4 members (excludes halogenated alkanes) is 6. The highest BCUT2D eigenvalue weighted by atomic mass is 16.5. The van der Waals surface area contributed by atoms with Crippen molar-refractivity contribution in [2.45, 2.75) is 83.6 Å². The molecule has 0 aromatic rings. The molecule has 0 atom stereocenters. The van der Waals surface area contributed by atoms with Gasteiger partial charge in [0.25, 0.3) is 0 Å². The van der Waals surface area contributed by atoms with Gasteiger partial charge in [-0.1, -0.05) is 58.3 Å². The maximum Gasteiger partial charge on any atom is 0.319 e. The van der Waals surface area contributed by atoms with E-state index in [4.69, 9.17) is 4.74 Å². The fourth-order valence-corrected chi connectivity index (χ4v) is 3.16. The van der Waals surface area contributed by atoms with Gasteiger partial charge in [-0.05, 0) is 25.8 Å². The van der Waals surface area contributed by atoms with Crippen molar-refractivity contribution in [3.8, 4) is 0 Å². The van der Waals surface area contributed by atoms with Crippen LogP contribution in [0.15, 0.2) is 0 Å². The molecular formula is C17H33NO2. The zero-order valence-electron chi connectivity index (χ0n) is 13.5. The van der Waals surface area contributed by atoms with E-state index in [2.05, 4.69) is 11.8 Å². The molecule has 0 heterocycles. The molecule has 0 aliphatic heterocycles. The second-order valence-corrected chi connectivity index (χ2v) is 6.11. The molecule has 1 aliphatic carbocycles. The van der Waals surface area contributed by atoms with Crippen LogP contribution in [-0.2, 0) is 9.53 Å². The van der Waals surface area contributed by atoms with Crippen LogP contribution in [0.25, 0.3) is 0 Å². The number of rotatable bonds is 11. The van der Waals surface area contributed by atoms with Crippen LogP contribution in [0, 0.1) is 0 Å². The van der Waals surface area contributed by atoms with Crippen molar-refractivity contribution in [2.75, 3.05) is 20.2 Å². The van der Waals surface area contributed by atoms with Gasteiger partial charge in [0.2, 0.25) is 0 Å². The third-order valence-electron chi connectivity index (χ3n) is 4.45. The minimum absolute atomic E-state index is 0.0835. The van der Waals surface area contributed by atoms with E-state index in [1.54, 1.807) is 0 Å². The molecule has 3 nitrogen and oxygen atoms in total. The SMILES string of the molecule is CCCCCCCCCN(CC(=O)OC)C1CCCC1. The molecule has 0 aromatic heterocycles. The predicted octanol–water partition coefficient (Wildman–Crippen LogP) is 4.15. The Morgan fingerprint density at radius 3 is 2.25 bits per heavy atom. The Labute approximate surface area is 125 Å². The number of methoxy groups -OCH3 is 1. The molecule has 0 radical (unpaired) electrons. The Morgan fingerprint density at radius 1 is 1.05 bits per heavy atom. The molecule has 1 aliphatic rings. The van der Waals surface area contributed by atoms with E-state index in [1.165, 1.54) is 77.7 Å². The summed E-state index contributed by atoms with van der Waals surface area (Å²) in [6.07, 6.45) is 14.5. The first-order chi connectivity index (χ1) is 9.77. The Bertz CT molecular complexity index is 249. The molecule has 0 unspecified atom stereocenters. The average molecular weight is 283 g/mol. The van der Waals surface area contributed by atoms with E-state index in [9.17, 15) is 4.79 Å². The lowest BCUT2D eigenvalue weighted by atomic mass is 10.1. The van der Waals surface area contributed by atoms with E-state index in [0.717, 1.165) is 6.54 Å². The van der Waals surface area contributed by atoms with Crippen molar-refractivity contribution in [1.29, 1.82) is 0 Å². The van der Waals surface area contributed by atoms with Crippen molar-refractivity contribution in [3.63, 3.8) is 0 Å². The number of carbonyl (C=O) groups is 1. The molecule has 0 N–H and O–H groups in total. The van der Waals surface area contributed by atoms with Gasteiger partial charge in [0.15, 0.2) is 0 Å². The summed E-state index contributed by atoms with van der Waals surface area (Å²) in [4.78, 5) is 13.9. The van der Waals surface area contributed by atoms with Crippen LogP contribution in [0.5, 0.6) is 0 Å². The molecular weight excluding hydrogens is 250 g/mol. The van der Waals surface area contributed by atoms with E-state index >= 15 is 0 Å². The molecule has 1 saturated carbocycles. The first-order valence-electron chi connectivity index (χ1n) is 8.58. The molecule has 0 aromatic carbocycles. The number of hydrogen-bond acceptors (Lipinski definition) is 3. The Balaban J connectivity index is 2.17. The van der Waals surface area contributed by atoms with Crippen molar-refractivity contribution in [2.24, 2.45) is 0 Å². The molecule has 0 amide bonds. The predicted molar refractivity (Wildman–Crippen MR) is 83.8 cm³/mol. The number of ether oxygens (including phenoxy) is 1. The zero-order valence-corrected chi connectivity index (χ0v) is 13.5. The minimum atomic E-state index is -0.0835. The average Bonchev–Trinajstić information content (AvgIpc) is 2.99. The lowest BCUT2D eigenvalue weighted by Crippen LogP contribution is -2.38. The molecule has 20 heavy (non-hydrogen) atoms. The van der Waals surface area contributed by atoms with Crippen LogP contribution >= 0.6 is 0 Å². The fourth-order valence-electron chi connectivity index (χ4n) is 3.16. The van der Waals surface area contributed by atoms with Gasteiger partial charge >= 0.3 is 5.97 Å². The lowest BCUT2D eigenvalue weighted by molar-refractivity contribution is -0.142. The van der Waals surface area contributed by atoms with Crippen LogP contribution in [0.1, 0.15) is 77.6 Å². The zero-order chi connectivity index (χ0) is 14.6. The largest absolute Gasteiger partial charge is 0.468 e. The van der Waals surface area contributed by atoms with Crippen LogP contribution in [0.2, 0.25) is 0 Å². The number of esters is 1. The van der Waals surface area contributed by atoms with Crippen LogP contribution in [-0.4, -0.2) is 37.1 Å². The Hall–Kier alpha value is -0.570. The van der Waals surface area contributed by atoms with Crippen molar-refractivity contribution < 1.29 is 9.53 Å². The summed E-state index contributed by atoms with van der Waals surface area (Å²) in [6.45, 7) is 3.80. The molecule has 1 fully saturated rings. The highest BCUT2D eigenvalue weighted by molar-refractivity contribution is 5.71. The maximum atomic E-state index is 11.5. The first-order valence-corrected chi connectivity index (χ1v) is 8.58. The van der Waals surface area contributed by atoms with Crippen molar-refractivity contribution in [1.82, 2.24) is 4.90 Å². The fraction of sp³-hybridized carbons (Fsp3) is 0.941. The molecule has 0 saturated heterocycles. The van der Waals surface area contributed by atoms with Gasteiger partial charge in [-0.2, -0.15) is 0 Å². The first kappa shape index (κ1) is 17.5. The van der Waals surface area contributed by atoms with Gasteiger partial charge in [0, 0.05) is 6.04 Å². The van der Waals surface area contributed by atoms with E-state index in [1.807, 2.05) is 0 Å². The topological polar surface area (TPSA) is 29.5 Å². The number of carbonyl (C=O) groups excluding carboxylic acids is 1. The highest BCUT2D eigenvalue weighted by Crippen LogP contribution is 2.24. The standard InChI is InChI=1S/C17H33NO2/c1-3-4-5-6-7-8-11-14-18(15-17(19)20-2)16-12-9-10-13-16/h16H,3-15H2,1-2H3. The molecule has 118 valence electrons. The summed E-state index contributed by atoms with van der Waals surface area (Å²) in [6, 6.07) is 0.620.